The lowest BCUT2D eigenvalue weighted by Crippen LogP contribution is -2.28. The van der Waals surface area contributed by atoms with Gasteiger partial charge in [-0.25, -0.2) is 4.79 Å². The maximum absolute atomic E-state index is 12.1. The molecule has 3 N–H and O–H groups in total. The molecule has 0 aliphatic heterocycles. The number of amides is 1. The van der Waals surface area contributed by atoms with Crippen LogP contribution in [0.15, 0.2) is 28.7 Å². The zero-order valence-electron chi connectivity index (χ0n) is 13.0. The molecule has 0 unspecified atom stereocenters. The van der Waals surface area contributed by atoms with Gasteiger partial charge in [0.2, 0.25) is 11.7 Å². The van der Waals surface area contributed by atoms with Crippen molar-refractivity contribution in [2.45, 2.75) is 31.7 Å². The third-order valence-corrected chi connectivity index (χ3v) is 4.35. The highest BCUT2D eigenvalue weighted by Crippen LogP contribution is 2.28. The van der Waals surface area contributed by atoms with Gasteiger partial charge in [0.15, 0.2) is 0 Å². The lowest BCUT2D eigenvalue weighted by Gasteiger charge is -2.14. The number of carbonyl (C=O) groups excluding carboxylic acids is 2. The van der Waals surface area contributed by atoms with Gasteiger partial charge in [-0.05, 0) is 43.0 Å². The van der Waals surface area contributed by atoms with Crippen LogP contribution in [0, 0.1) is 5.92 Å². The Labute approximate surface area is 134 Å². The summed E-state index contributed by atoms with van der Waals surface area (Å²) in [6.07, 6.45) is 3.54. The predicted octanol–water partition coefficient (Wildman–Crippen LogP) is 2.68. The first-order chi connectivity index (χ1) is 11.1. The average Bonchev–Trinajstić information content (AvgIpc) is 3.12. The fraction of sp³-hybridized carbons (Fsp3) is 0.412. The third-order valence-electron chi connectivity index (χ3n) is 4.35. The number of nitrogens with two attached hydrogens (primary N) is 1. The van der Waals surface area contributed by atoms with Crippen LogP contribution in [0.25, 0.3) is 11.0 Å². The van der Waals surface area contributed by atoms with Gasteiger partial charge < -0.3 is 20.2 Å². The molecule has 2 atom stereocenters. The maximum atomic E-state index is 12.1. The van der Waals surface area contributed by atoms with Crippen LogP contribution in [-0.4, -0.2) is 25.0 Å². The number of methoxy groups -OCH3 is 1. The second-order valence-electron chi connectivity index (χ2n) is 5.96. The predicted molar refractivity (Wildman–Crippen MR) is 86.1 cm³/mol. The van der Waals surface area contributed by atoms with Gasteiger partial charge in [-0.1, -0.05) is 6.42 Å². The van der Waals surface area contributed by atoms with Gasteiger partial charge in [0.1, 0.15) is 5.58 Å². The van der Waals surface area contributed by atoms with Gasteiger partial charge in [-0.15, -0.1) is 0 Å². The SMILES string of the molecule is COC(=O)c1cc2cc(NC(=O)C[C@@H]3CCC[C@H]3N)ccc2o1. The van der Waals surface area contributed by atoms with E-state index in [0.717, 1.165) is 24.6 Å². The van der Waals surface area contributed by atoms with E-state index in [9.17, 15) is 9.59 Å². The number of ether oxygens (including phenoxy) is 1. The number of hydrogen-bond acceptors (Lipinski definition) is 5. The summed E-state index contributed by atoms with van der Waals surface area (Å²) in [5.41, 5.74) is 7.25. The first kappa shape index (κ1) is 15.6. The van der Waals surface area contributed by atoms with E-state index in [1.807, 2.05) is 0 Å². The summed E-state index contributed by atoms with van der Waals surface area (Å²) < 4.78 is 10.0. The Bertz CT molecular complexity index is 737. The highest BCUT2D eigenvalue weighted by atomic mass is 16.5. The topological polar surface area (TPSA) is 94.6 Å². The Kier molecular flexibility index (Phi) is 4.34. The van der Waals surface area contributed by atoms with Crippen LogP contribution < -0.4 is 11.1 Å². The van der Waals surface area contributed by atoms with E-state index < -0.39 is 5.97 Å². The number of esters is 1. The maximum Gasteiger partial charge on any atom is 0.373 e. The molecule has 1 aromatic carbocycles. The van der Waals surface area contributed by atoms with Crippen molar-refractivity contribution >= 4 is 28.5 Å². The zero-order chi connectivity index (χ0) is 16.4. The fourth-order valence-corrected chi connectivity index (χ4v) is 3.09. The van der Waals surface area contributed by atoms with E-state index in [1.165, 1.54) is 7.11 Å². The van der Waals surface area contributed by atoms with Crippen LogP contribution in [0.2, 0.25) is 0 Å². The van der Waals surface area contributed by atoms with Crippen LogP contribution in [0.1, 0.15) is 36.2 Å². The number of benzene rings is 1. The van der Waals surface area contributed by atoms with Crippen molar-refractivity contribution in [1.29, 1.82) is 0 Å². The van der Waals surface area contributed by atoms with Gasteiger partial charge >= 0.3 is 5.97 Å². The minimum atomic E-state index is -0.526. The van der Waals surface area contributed by atoms with Crippen molar-refractivity contribution in [2.75, 3.05) is 12.4 Å². The van der Waals surface area contributed by atoms with Crippen LogP contribution >= 0.6 is 0 Å². The van der Waals surface area contributed by atoms with Crippen molar-refractivity contribution < 1.29 is 18.7 Å². The van der Waals surface area contributed by atoms with Gasteiger partial charge in [0.25, 0.3) is 0 Å². The summed E-state index contributed by atoms with van der Waals surface area (Å²) in [6.45, 7) is 0. The molecule has 1 aliphatic rings. The van der Waals surface area contributed by atoms with E-state index in [2.05, 4.69) is 10.1 Å². The fourth-order valence-electron chi connectivity index (χ4n) is 3.09. The number of anilines is 1. The normalized spacial score (nSPS) is 20.6. The van der Waals surface area contributed by atoms with Crippen molar-refractivity contribution in [3.05, 3.63) is 30.0 Å². The molecular weight excluding hydrogens is 296 g/mol. The molecule has 1 aliphatic carbocycles. The molecule has 3 rings (SSSR count). The molecule has 0 radical (unpaired) electrons. The molecule has 122 valence electrons. The second-order valence-corrected chi connectivity index (χ2v) is 5.96. The summed E-state index contributed by atoms with van der Waals surface area (Å²) in [5, 5.41) is 3.62. The van der Waals surface area contributed by atoms with Gasteiger partial charge in [-0.3, -0.25) is 4.79 Å². The van der Waals surface area contributed by atoms with E-state index >= 15 is 0 Å². The Hall–Kier alpha value is -2.34. The average molecular weight is 316 g/mol. The van der Waals surface area contributed by atoms with E-state index in [-0.39, 0.29) is 23.6 Å². The lowest BCUT2D eigenvalue weighted by molar-refractivity contribution is -0.117. The molecule has 1 heterocycles. The Morgan fingerprint density at radius 2 is 2.17 bits per heavy atom. The first-order valence-electron chi connectivity index (χ1n) is 7.74. The summed E-state index contributed by atoms with van der Waals surface area (Å²) in [6, 6.07) is 6.97. The molecule has 6 nitrogen and oxygen atoms in total. The Morgan fingerprint density at radius 1 is 1.35 bits per heavy atom. The summed E-state index contributed by atoms with van der Waals surface area (Å²) in [7, 11) is 1.30. The highest BCUT2D eigenvalue weighted by Gasteiger charge is 2.26. The monoisotopic (exact) mass is 316 g/mol. The second kappa shape index (κ2) is 6.42. The van der Waals surface area contributed by atoms with Gasteiger partial charge in [0, 0.05) is 23.5 Å². The molecule has 0 saturated heterocycles. The van der Waals surface area contributed by atoms with Crippen LogP contribution in [-0.2, 0) is 9.53 Å². The molecular formula is C17H20N2O4. The van der Waals surface area contributed by atoms with Crippen LogP contribution in [0.3, 0.4) is 0 Å². The summed E-state index contributed by atoms with van der Waals surface area (Å²) in [5.74, 6) is -0.160. The number of furan rings is 1. The molecule has 23 heavy (non-hydrogen) atoms. The molecule has 0 bridgehead atoms. The lowest BCUT2D eigenvalue weighted by atomic mass is 10.00. The minimum Gasteiger partial charge on any atom is -0.463 e. The van der Waals surface area contributed by atoms with Gasteiger partial charge in [-0.2, -0.15) is 0 Å². The van der Waals surface area contributed by atoms with Crippen LogP contribution in [0.5, 0.6) is 0 Å². The standard InChI is InChI=1S/C17H20N2O4/c1-22-17(21)15-8-11-7-12(5-6-14(11)23-15)19-16(20)9-10-3-2-4-13(10)18/h5-8,10,13H,2-4,9,18H2,1H3,(H,19,20)/t10-,13+/m0/s1. The number of hydrogen-bond donors (Lipinski definition) is 2. The van der Waals surface area contributed by atoms with Crippen molar-refractivity contribution in [3.63, 3.8) is 0 Å². The van der Waals surface area contributed by atoms with E-state index in [0.29, 0.717) is 17.7 Å². The zero-order valence-corrected chi connectivity index (χ0v) is 13.0. The number of fused-ring (bicyclic) bond motifs is 1. The largest absolute Gasteiger partial charge is 0.463 e. The highest BCUT2D eigenvalue weighted by molar-refractivity contribution is 5.96. The number of nitrogens with one attached hydrogen (secondary N) is 1. The van der Waals surface area contributed by atoms with Crippen molar-refractivity contribution in [2.24, 2.45) is 11.7 Å². The molecule has 6 heteroatoms. The minimum absolute atomic E-state index is 0.0385. The number of rotatable bonds is 4. The Balaban J connectivity index is 1.70. The number of carbonyl (C=O) groups is 2. The smallest absolute Gasteiger partial charge is 0.373 e. The first-order valence-corrected chi connectivity index (χ1v) is 7.74. The van der Waals surface area contributed by atoms with Crippen molar-refractivity contribution in [3.8, 4) is 0 Å². The molecule has 1 amide bonds. The van der Waals surface area contributed by atoms with E-state index in [4.69, 9.17) is 10.2 Å². The summed E-state index contributed by atoms with van der Waals surface area (Å²) in [4.78, 5) is 23.6. The third kappa shape index (κ3) is 3.37. The molecule has 1 aromatic heterocycles. The summed E-state index contributed by atoms with van der Waals surface area (Å²) >= 11 is 0. The van der Waals surface area contributed by atoms with Crippen LogP contribution in [0.4, 0.5) is 5.69 Å². The quantitative estimate of drug-likeness (QED) is 0.846. The molecule has 1 fully saturated rings. The van der Waals surface area contributed by atoms with Gasteiger partial charge in [0.05, 0.1) is 7.11 Å². The molecule has 1 saturated carbocycles. The Morgan fingerprint density at radius 3 is 2.87 bits per heavy atom. The molecule has 0 spiro atoms. The molecule has 2 aromatic rings. The van der Waals surface area contributed by atoms with Crippen molar-refractivity contribution in [1.82, 2.24) is 0 Å². The van der Waals surface area contributed by atoms with E-state index in [1.54, 1.807) is 24.3 Å².